The molecule has 1 atom stereocenters. The number of halogens is 1. The van der Waals surface area contributed by atoms with Crippen LogP contribution in [0.25, 0.3) is 5.57 Å². The maximum absolute atomic E-state index is 12.4. The zero-order valence-electron chi connectivity index (χ0n) is 14.1. The lowest BCUT2D eigenvalue weighted by Gasteiger charge is -2.13. The zero-order valence-corrected chi connectivity index (χ0v) is 14.8. The largest absolute Gasteiger partial charge is 0.506 e. The molecule has 134 valence electrons. The van der Waals surface area contributed by atoms with Crippen molar-refractivity contribution in [2.45, 2.75) is 37.6 Å². The molecular formula is C20H19ClN2O3. The molecule has 1 amide bonds. The lowest BCUT2D eigenvalue weighted by atomic mass is 9.98. The van der Waals surface area contributed by atoms with Gasteiger partial charge in [-0.05, 0) is 48.9 Å². The van der Waals surface area contributed by atoms with E-state index in [1.54, 1.807) is 12.1 Å². The SMILES string of the molecule is O=C1CC[C@H](C=C(c2ccc(O)c(Cl)c2)c2ccc(C3CC3)c(=O)[nH]2)N1. The van der Waals surface area contributed by atoms with Crippen molar-refractivity contribution >= 4 is 23.1 Å². The standard InChI is InChI=1S/C20H19ClN2O3/c21-16-9-12(3-7-18(16)24)15(10-13-4-8-19(25)22-13)17-6-5-14(11-1-2-11)20(26)23-17/h3,5-7,9-11,13,24H,1-2,4,8H2,(H,22,25)(H,23,26)/t13-/m1/s1. The van der Waals surface area contributed by atoms with Gasteiger partial charge in [0.1, 0.15) is 5.75 Å². The predicted molar refractivity (Wildman–Crippen MR) is 100 cm³/mol. The Hall–Kier alpha value is -2.53. The van der Waals surface area contributed by atoms with Gasteiger partial charge in [0.25, 0.3) is 5.56 Å². The van der Waals surface area contributed by atoms with Crippen LogP contribution in [0.5, 0.6) is 5.75 Å². The van der Waals surface area contributed by atoms with Crippen LogP contribution in [0.2, 0.25) is 5.02 Å². The first-order valence-electron chi connectivity index (χ1n) is 8.75. The number of phenols is 1. The number of phenolic OH excluding ortho intramolecular Hbond substituents is 1. The van der Waals surface area contributed by atoms with Gasteiger partial charge in [-0.1, -0.05) is 29.8 Å². The Balaban J connectivity index is 1.78. The van der Waals surface area contributed by atoms with Gasteiger partial charge >= 0.3 is 0 Å². The molecule has 0 spiro atoms. The Labute approximate surface area is 155 Å². The van der Waals surface area contributed by atoms with Crippen LogP contribution in [-0.4, -0.2) is 22.0 Å². The molecule has 1 saturated heterocycles. The van der Waals surface area contributed by atoms with Crippen LogP contribution in [0, 0.1) is 0 Å². The molecule has 2 aliphatic rings. The Morgan fingerprint density at radius 2 is 1.96 bits per heavy atom. The number of nitrogens with one attached hydrogen (secondary N) is 2. The lowest BCUT2D eigenvalue weighted by molar-refractivity contribution is -0.119. The highest BCUT2D eigenvalue weighted by Crippen LogP contribution is 2.38. The topological polar surface area (TPSA) is 82.2 Å². The van der Waals surface area contributed by atoms with E-state index in [1.165, 1.54) is 6.07 Å². The van der Waals surface area contributed by atoms with Crippen LogP contribution in [0.15, 0.2) is 41.2 Å². The number of carbonyl (C=O) groups is 1. The van der Waals surface area contributed by atoms with Gasteiger partial charge < -0.3 is 15.4 Å². The van der Waals surface area contributed by atoms with Crippen molar-refractivity contribution < 1.29 is 9.90 Å². The van der Waals surface area contributed by atoms with E-state index in [1.807, 2.05) is 18.2 Å². The molecule has 1 saturated carbocycles. The highest BCUT2D eigenvalue weighted by atomic mass is 35.5. The molecule has 6 heteroatoms. The maximum atomic E-state index is 12.4. The first kappa shape index (κ1) is 16.9. The fourth-order valence-corrected chi connectivity index (χ4v) is 3.52. The Morgan fingerprint density at radius 1 is 1.15 bits per heavy atom. The van der Waals surface area contributed by atoms with E-state index >= 15 is 0 Å². The second kappa shape index (κ2) is 6.65. The van der Waals surface area contributed by atoms with E-state index in [2.05, 4.69) is 10.3 Å². The second-order valence-electron chi connectivity index (χ2n) is 6.89. The molecule has 1 aliphatic carbocycles. The van der Waals surface area contributed by atoms with Gasteiger partial charge in [0, 0.05) is 29.3 Å². The van der Waals surface area contributed by atoms with Crippen molar-refractivity contribution in [3.05, 3.63) is 68.6 Å². The van der Waals surface area contributed by atoms with E-state index < -0.39 is 0 Å². The van der Waals surface area contributed by atoms with Crippen molar-refractivity contribution in [3.8, 4) is 5.75 Å². The van der Waals surface area contributed by atoms with E-state index in [0.717, 1.165) is 29.5 Å². The van der Waals surface area contributed by atoms with Crippen LogP contribution in [-0.2, 0) is 4.79 Å². The van der Waals surface area contributed by atoms with E-state index in [4.69, 9.17) is 11.6 Å². The number of rotatable bonds is 4. The maximum Gasteiger partial charge on any atom is 0.251 e. The molecule has 1 aromatic carbocycles. The first-order chi connectivity index (χ1) is 12.5. The fraction of sp³-hybridized carbons (Fsp3) is 0.300. The number of amides is 1. The summed E-state index contributed by atoms with van der Waals surface area (Å²) in [5.74, 6) is 0.394. The molecular weight excluding hydrogens is 352 g/mol. The van der Waals surface area contributed by atoms with Gasteiger partial charge in [0.15, 0.2) is 0 Å². The average molecular weight is 371 g/mol. The summed E-state index contributed by atoms with van der Waals surface area (Å²) >= 11 is 6.07. The normalized spacial score (nSPS) is 20.3. The fourth-order valence-electron chi connectivity index (χ4n) is 3.34. The van der Waals surface area contributed by atoms with Gasteiger partial charge in [-0.15, -0.1) is 0 Å². The van der Waals surface area contributed by atoms with E-state index in [9.17, 15) is 14.7 Å². The quantitative estimate of drug-likeness (QED) is 0.772. The minimum Gasteiger partial charge on any atom is -0.506 e. The number of carbonyl (C=O) groups excluding carboxylic acids is 1. The lowest BCUT2D eigenvalue weighted by Crippen LogP contribution is -2.23. The van der Waals surface area contributed by atoms with Crippen molar-refractivity contribution in [3.63, 3.8) is 0 Å². The third-order valence-electron chi connectivity index (χ3n) is 4.90. The van der Waals surface area contributed by atoms with Crippen molar-refractivity contribution in [1.82, 2.24) is 10.3 Å². The average Bonchev–Trinajstić information content (AvgIpc) is 3.37. The zero-order chi connectivity index (χ0) is 18.3. The van der Waals surface area contributed by atoms with Crippen LogP contribution >= 0.6 is 11.6 Å². The summed E-state index contributed by atoms with van der Waals surface area (Å²) in [7, 11) is 0. The van der Waals surface area contributed by atoms with Crippen molar-refractivity contribution in [2.75, 3.05) is 0 Å². The van der Waals surface area contributed by atoms with Gasteiger partial charge in [-0.25, -0.2) is 0 Å². The molecule has 2 heterocycles. The highest BCUT2D eigenvalue weighted by Gasteiger charge is 2.26. The van der Waals surface area contributed by atoms with Gasteiger partial charge in [0.05, 0.1) is 5.02 Å². The summed E-state index contributed by atoms with van der Waals surface area (Å²) < 4.78 is 0. The summed E-state index contributed by atoms with van der Waals surface area (Å²) in [6.45, 7) is 0. The summed E-state index contributed by atoms with van der Waals surface area (Å²) in [6, 6.07) is 8.61. The number of pyridine rings is 1. The third-order valence-corrected chi connectivity index (χ3v) is 5.21. The predicted octanol–water partition coefficient (Wildman–Crippen LogP) is 3.32. The minimum atomic E-state index is -0.100. The molecule has 0 radical (unpaired) electrons. The van der Waals surface area contributed by atoms with Crippen LogP contribution in [0.4, 0.5) is 0 Å². The number of hydrogen-bond acceptors (Lipinski definition) is 3. The molecule has 26 heavy (non-hydrogen) atoms. The summed E-state index contributed by atoms with van der Waals surface area (Å²) in [4.78, 5) is 27.0. The Kier molecular flexibility index (Phi) is 4.32. The summed E-state index contributed by atoms with van der Waals surface area (Å²) in [5, 5.41) is 12.8. The number of aromatic hydroxyl groups is 1. The molecule has 2 fully saturated rings. The first-order valence-corrected chi connectivity index (χ1v) is 9.13. The van der Waals surface area contributed by atoms with Gasteiger partial charge in [0.2, 0.25) is 5.91 Å². The molecule has 4 rings (SSSR count). The molecule has 5 nitrogen and oxygen atoms in total. The third kappa shape index (κ3) is 3.40. The van der Waals surface area contributed by atoms with Crippen molar-refractivity contribution in [2.24, 2.45) is 0 Å². The summed E-state index contributed by atoms with van der Waals surface area (Å²) in [6.07, 6.45) is 5.26. The number of aromatic amines is 1. The van der Waals surface area contributed by atoms with E-state index in [0.29, 0.717) is 24.5 Å². The monoisotopic (exact) mass is 370 g/mol. The minimum absolute atomic E-state index is 0.00140. The Morgan fingerprint density at radius 3 is 2.58 bits per heavy atom. The molecule has 1 aromatic heterocycles. The molecule has 2 aromatic rings. The van der Waals surface area contributed by atoms with E-state index in [-0.39, 0.29) is 28.3 Å². The molecule has 3 N–H and O–H groups in total. The van der Waals surface area contributed by atoms with Crippen LogP contribution in [0.1, 0.15) is 48.4 Å². The molecule has 0 unspecified atom stereocenters. The van der Waals surface area contributed by atoms with Crippen LogP contribution < -0.4 is 10.9 Å². The molecule has 1 aliphatic heterocycles. The number of aromatic nitrogens is 1. The Bertz CT molecular complexity index is 960. The second-order valence-corrected chi connectivity index (χ2v) is 7.30. The van der Waals surface area contributed by atoms with Crippen molar-refractivity contribution in [1.29, 1.82) is 0 Å². The molecule has 0 bridgehead atoms. The number of hydrogen-bond donors (Lipinski definition) is 3. The van der Waals surface area contributed by atoms with Gasteiger partial charge in [-0.2, -0.15) is 0 Å². The highest BCUT2D eigenvalue weighted by molar-refractivity contribution is 6.32. The van der Waals surface area contributed by atoms with Gasteiger partial charge in [-0.3, -0.25) is 9.59 Å². The number of H-pyrrole nitrogens is 1. The van der Waals surface area contributed by atoms with Crippen LogP contribution in [0.3, 0.4) is 0 Å². The number of benzene rings is 1. The smallest absolute Gasteiger partial charge is 0.251 e. The summed E-state index contributed by atoms with van der Waals surface area (Å²) in [5.41, 5.74) is 2.96.